The van der Waals surface area contributed by atoms with Crippen molar-refractivity contribution in [3.63, 3.8) is 0 Å². The molecule has 1 aromatic carbocycles. The van der Waals surface area contributed by atoms with Gasteiger partial charge in [-0.2, -0.15) is 0 Å². The van der Waals surface area contributed by atoms with Crippen LogP contribution in [0.3, 0.4) is 0 Å². The van der Waals surface area contributed by atoms with Gasteiger partial charge < -0.3 is 10.1 Å². The smallest absolute Gasteiger partial charge is 0.0474 e. The fourth-order valence-corrected chi connectivity index (χ4v) is 1.79. The summed E-state index contributed by atoms with van der Waals surface area (Å²) in [4.78, 5) is 0. The molecule has 0 spiro atoms. The largest absolute Gasteiger partial charge is 0.385 e. The number of benzene rings is 1. The number of hydrogen-bond acceptors (Lipinski definition) is 2. The second kappa shape index (κ2) is 9.08. The zero-order chi connectivity index (χ0) is 11.1. The second-order valence-corrected chi connectivity index (χ2v) is 4.04. The Balaban J connectivity index is 0.00000225. The summed E-state index contributed by atoms with van der Waals surface area (Å²) >= 11 is 12.0. The molecule has 1 N–H and O–H groups in total. The summed E-state index contributed by atoms with van der Waals surface area (Å²) in [6.07, 6.45) is 0.985. The Kier molecular flexibility index (Phi) is 9.09. The third-order valence-corrected chi connectivity index (χ3v) is 2.77. The molecule has 16 heavy (non-hydrogen) atoms. The SMILES string of the molecule is COCCCNCc1c(Cl)cccc1Cl.Cl. The number of ether oxygens (including phenoxy) is 1. The van der Waals surface area contributed by atoms with Crippen LogP contribution in [0.15, 0.2) is 18.2 Å². The van der Waals surface area contributed by atoms with E-state index < -0.39 is 0 Å². The van der Waals surface area contributed by atoms with Crippen molar-refractivity contribution < 1.29 is 4.74 Å². The van der Waals surface area contributed by atoms with Gasteiger partial charge in [-0.05, 0) is 25.1 Å². The minimum atomic E-state index is 0. The molecule has 0 bridgehead atoms. The number of methoxy groups -OCH3 is 1. The lowest BCUT2D eigenvalue weighted by molar-refractivity contribution is 0.194. The first-order valence-corrected chi connectivity index (χ1v) is 5.64. The Hall–Kier alpha value is 0.01000. The Morgan fingerprint density at radius 1 is 1.25 bits per heavy atom. The van der Waals surface area contributed by atoms with Gasteiger partial charge in [-0.1, -0.05) is 29.3 Å². The maximum absolute atomic E-state index is 6.02. The van der Waals surface area contributed by atoms with E-state index in [0.29, 0.717) is 16.6 Å². The van der Waals surface area contributed by atoms with E-state index in [2.05, 4.69) is 5.32 Å². The molecule has 0 aromatic heterocycles. The molecule has 1 rings (SSSR count). The molecule has 0 amide bonds. The van der Waals surface area contributed by atoms with E-state index in [1.54, 1.807) is 7.11 Å². The van der Waals surface area contributed by atoms with Crippen molar-refractivity contribution in [1.82, 2.24) is 5.32 Å². The Bertz CT molecular complexity index is 287. The van der Waals surface area contributed by atoms with Crippen LogP contribution in [0.4, 0.5) is 0 Å². The van der Waals surface area contributed by atoms with Crippen LogP contribution in [-0.4, -0.2) is 20.3 Å². The summed E-state index contributed by atoms with van der Waals surface area (Å²) in [5.74, 6) is 0. The minimum absolute atomic E-state index is 0. The Morgan fingerprint density at radius 3 is 2.44 bits per heavy atom. The highest BCUT2D eigenvalue weighted by atomic mass is 35.5. The van der Waals surface area contributed by atoms with Crippen molar-refractivity contribution in [2.75, 3.05) is 20.3 Å². The molecule has 0 saturated carbocycles. The van der Waals surface area contributed by atoms with Crippen LogP contribution in [0.2, 0.25) is 10.0 Å². The summed E-state index contributed by atoms with van der Waals surface area (Å²) in [6, 6.07) is 5.54. The molecule has 0 radical (unpaired) electrons. The topological polar surface area (TPSA) is 21.3 Å². The van der Waals surface area contributed by atoms with E-state index in [4.69, 9.17) is 27.9 Å². The van der Waals surface area contributed by atoms with Crippen LogP contribution >= 0.6 is 35.6 Å². The van der Waals surface area contributed by atoms with Crippen molar-refractivity contribution in [2.24, 2.45) is 0 Å². The van der Waals surface area contributed by atoms with Crippen molar-refractivity contribution in [3.8, 4) is 0 Å². The molecule has 2 nitrogen and oxygen atoms in total. The van der Waals surface area contributed by atoms with Crippen LogP contribution in [0.5, 0.6) is 0 Å². The molecular weight excluding hydrogens is 268 g/mol. The summed E-state index contributed by atoms with van der Waals surface area (Å²) in [7, 11) is 1.70. The molecule has 0 atom stereocenters. The Labute approximate surface area is 113 Å². The van der Waals surface area contributed by atoms with Gasteiger partial charge in [-0.25, -0.2) is 0 Å². The van der Waals surface area contributed by atoms with E-state index in [9.17, 15) is 0 Å². The van der Waals surface area contributed by atoms with Crippen LogP contribution in [0.25, 0.3) is 0 Å². The third kappa shape index (κ3) is 5.37. The normalized spacial score (nSPS) is 9.94. The van der Waals surface area contributed by atoms with Gasteiger partial charge in [0, 0.05) is 35.9 Å². The highest BCUT2D eigenvalue weighted by Crippen LogP contribution is 2.23. The van der Waals surface area contributed by atoms with Gasteiger partial charge in [0.05, 0.1) is 0 Å². The number of nitrogens with one attached hydrogen (secondary N) is 1. The van der Waals surface area contributed by atoms with Gasteiger partial charge in [0.25, 0.3) is 0 Å². The molecule has 0 saturated heterocycles. The number of rotatable bonds is 6. The number of hydrogen-bond donors (Lipinski definition) is 1. The van der Waals surface area contributed by atoms with Gasteiger partial charge in [0.2, 0.25) is 0 Å². The summed E-state index contributed by atoms with van der Waals surface area (Å²) in [5.41, 5.74) is 0.957. The van der Waals surface area contributed by atoms with Gasteiger partial charge >= 0.3 is 0 Å². The lowest BCUT2D eigenvalue weighted by Gasteiger charge is -2.08. The van der Waals surface area contributed by atoms with E-state index in [1.807, 2.05) is 18.2 Å². The Morgan fingerprint density at radius 2 is 1.88 bits per heavy atom. The van der Waals surface area contributed by atoms with Gasteiger partial charge in [0.1, 0.15) is 0 Å². The molecule has 92 valence electrons. The van der Waals surface area contributed by atoms with Crippen molar-refractivity contribution in [3.05, 3.63) is 33.8 Å². The van der Waals surface area contributed by atoms with Crippen LogP contribution < -0.4 is 5.32 Å². The molecule has 0 aliphatic rings. The first-order chi connectivity index (χ1) is 7.25. The van der Waals surface area contributed by atoms with Gasteiger partial charge in [0.15, 0.2) is 0 Å². The van der Waals surface area contributed by atoms with Crippen LogP contribution in [-0.2, 0) is 11.3 Å². The standard InChI is InChI=1S/C11H15Cl2NO.ClH/c1-15-7-3-6-14-8-9-10(12)4-2-5-11(9)13;/h2,4-5,14H,3,6-8H2,1H3;1H. The summed E-state index contributed by atoms with van der Waals surface area (Å²) in [5, 5.41) is 4.69. The molecule has 5 heteroatoms. The summed E-state index contributed by atoms with van der Waals surface area (Å²) in [6.45, 7) is 2.36. The summed E-state index contributed by atoms with van der Waals surface area (Å²) < 4.78 is 4.95. The van der Waals surface area contributed by atoms with Crippen molar-refractivity contribution >= 4 is 35.6 Å². The average Bonchev–Trinajstić information content (AvgIpc) is 2.21. The van der Waals surface area contributed by atoms with Gasteiger partial charge in [-0.3, -0.25) is 0 Å². The quantitative estimate of drug-likeness (QED) is 0.807. The molecular formula is C11H16Cl3NO. The highest BCUT2D eigenvalue weighted by Gasteiger charge is 2.03. The second-order valence-electron chi connectivity index (χ2n) is 3.22. The molecule has 0 aliphatic carbocycles. The molecule has 0 unspecified atom stereocenters. The van der Waals surface area contributed by atoms with E-state index in [0.717, 1.165) is 25.1 Å². The van der Waals surface area contributed by atoms with Gasteiger partial charge in [-0.15, -0.1) is 12.4 Å². The first-order valence-electron chi connectivity index (χ1n) is 4.88. The van der Waals surface area contributed by atoms with Crippen LogP contribution in [0.1, 0.15) is 12.0 Å². The lowest BCUT2D eigenvalue weighted by Crippen LogP contribution is -2.16. The first kappa shape index (κ1) is 16.0. The predicted molar refractivity (Wildman–Crippen MR) is 71.9 cm³/mol. The van der Waals surface area contributed by atoms with E-state index in [-0.39, 0.29) is 12.4 Å². The third-order valence-electron chi connectivity index (χ3n) is 2.07. The molecule has 0 heterocycles. The minimum Gasteiger partial charge on any atom is -0.385 e. The number of halogens is 3. The van der Waals surface area contributed by atoms with E-state index in [1.165, 1.54) is 0 Å². The predicted octanol–water partition coefficient (Wildman–Crippen LogP) is 3.54. The maximum atomic E-state index is 6.02. The van der Waals surface area contributed by atoms with E-state index >= 15 is 0 Å². The average molecular weight is 285 g/mol. The fourth-order valence-electron chi connectivity index (χ4n) is 1.26. The monoisotopic (exact) mass is 283 g/mol. The lowest BCUT2D eigenvalue weighted by atomic mass is 10.2. The fraction of sp³-hybridized carbons (Fsp3) is 0.455. The molecule has 0 fully saturated rings. The maximum Gasteiger partial charge on any atom is 0.0474 e. The van der Waals surface area contributed by atoms with Crippen molar-refractivity contribution in [1.29, 1.82) is 0 Å². The zero-order valence-corrected chi connectivity index (χ0v) is 11.5. The van der Waals surface area contributed by atoms with Crippen LogP contribution in [0, 0.1) is 0 Å². The van der Waals surface area contributed by atoms with Crippen molar-refractivity contribution in [2.45, 2.75) is 13.0 Å². The molecule has 1 aromatic rings. The highest BCUT2D eigenvalue weighted by molar-refractivity contribution is 6.35. The zero-order valence-electron chi connectivity index (χ0n) is 9.13. The molecule has 0 aliphatic heterocycles.